The average Bonchev–Trinajstić information content (AvgIpc) is 3.05. The maximum atomic E-state index is 13.9. The molecule has 10 heteroatoms. The lowest BCUT2D eigenvalue weighted by atomic mass is 10.1. The Morgan fingerprint density at radius 2 is 2.09 bits per heavy atom. The van der Waals surface area contributed by atoms with E-state index in [0.717, 1.165) is 21.5 Å². The SMILES string of the molecule is CN(C)S(=O)(=O)c1cc(C(=O)N2CCC(F)(C(=O)O)C2)co1. The van der Waals surface area contributed by atoms with Crippen LogP contribution >= 0.6 is 0 Å². The molecule has 0 spiro atoms. The van der Waals surface area contributed by atoms with Crippen LogP contribution in [-0.4, -0.2) is 67.5 Å². The standard InChI is InChI=1S/C12H15FN2O6S/c1-14(2)22(19,20)9-5-8(6-21-9)10(16)15-4-3-12(13,7-15)11(17)18/h5-6H,3-4,7H2,1-2H3,(H,17,18). The molecular weight excluding hydrogens is 319 g/mol. The number of rotatable bonds is 4. The predicted molar refractivity (Wildman–Crippen MR) is 71.6 cm³/mol. The van der Waals surface area contributed by atoms with Gasteiger partial charge < -0.3 is 14.4 Å². The fourth-order valence-corrected chi connectivity index (χ4v) is 2.85. The van der Waals surface area contributed by atoms with E-state index in [1.165, 1.54) is 14.1 Å². The zero-order chi connectivity index (χ0) is 16.7. The molecule has 1 aromatic heterocycles. The Hall–Kier alpha value is -1.94. The van der Waals surface area contributed by atoms with E-state index in [0.29, 0.717) is 0 Å². The number of aliphatic carboxylic acids is 1. The van der Waals surface area contributed by atoms with Gasteiger partial charge in [0.1, 0.15) is 6.26 Å². The molecule has 1 saturated heterocycles. The van der Waals surface area contributed by atoms with E-state index < -0.39 is 39.2 Å². The van der Waals surface area contributed by atoms with Crippen LogP contribution in [0.1, 0.15) is 16.8 Å². The van der Waals surface area contributed by atoms with Crippen molar-refractivity contribution in [2.45, 2.75) is 17.2 Å². The van der Waals surface area contributed by atoms with Gasteiger partial charge in [-0.05, 0) is 0 Å². The second kappa shape index (κ2) is 5.36. The number of alkyl halides is 1. The second-order valence-corrected chi connectivity index (χ2v) is 7.27. The molecule has 2 heterocycles. The fourth-order valence-electron chi connectivity index (χ4n) is 2.05. The third-order valence-corrected chi connectivity index (χ3v) is 5.13. The van der Waals surface area contributed by atoms with Crippen molar-refractivity contribution in [3.8, 4) is 0 Å². The van der Waals surface area contributed by atoms with Gasteiger partial charge in [-0.2, -0.15) is 0 Å². The molecule has 1 fully saturated rings. The van der Waals surface area contributed by atoms with Gasteiger partial charge >= 0.3 is 5.97 Å². The van der Waals surface area contributed by atoms with Gasteiger partial charge in [0.15, 0.2) is 0 Å². The highest BCUT2D eigenvalue weighted by atomic mass is 32.2. The summed E-state index contributed by atoms with van der Waals surface area (Å²) < 4.78 is 43.5. The third kappa shape index (κ3) is 2.71. The van der Waals surface area contributed by atoms with E-state index in [1.807, 2.05) is 0 Å². The van der Waals surface area contributed by atoms with Crippen LogP contribution < -0.4 is 0 Å². The smallest absolute Gasteiger partial charge is 0.343 e. The van der Waals surface area contributed by atoms with Gasteiger partial charge in [0.05, 0.1) is 12.1 Å². The molecule has 1 aromatic rings. The largest absolute Gasteiger partial charge is 0.479 e. The van der Waals surface area contributed by atoms with Gasteiger partial charge in [-0.1, -0.05) is 0 Å². The van der Waals surface area contributed by atoms with E-state index in [1.54, 1.807) is 0 Å². The molecule has 0 radical (unpaired) electrons. The lowest BCUT2D eigenvalue weighted by molar-refractivity contribution is -0.149. The highest BCUT2D eigenvalue weighted by Crippen LogP contribution is 2.28. The Balaban J connectivity index is 2.19. The lowest BCUT2D eigenvalue weighted by Crippen LogP contribution is -2.38. The van der Waals surface area contributed by atoms with E-state index in [-0.39, 0.29) is 18.5 Å². The summed E-state index contributed by atoms with van der Waals surface area (Å²) in [7, 11) is -1.20. The number of carboxylic acids is 1. The third-order valence-electron chi connectivity index (χ3n) is 3.45. The quantitative estimate of drug-likeness (QED) is 0.841. The first kappa shape index (κ1) is 16.4. The van der Waals surface area contributed by atoms with E-state index >= 15 is 0 Å². The summed E-state index contributed by atoms with van der Waals surface area (Å²) in [6.45, 7) is -0.648. The van der Waals surface area contributed by atoms with Crippen molar-refractivity contribution in [3.63, 3.8) is 0 Å². The van der Waals surface area contributed by atoms with Crippen molar-refractivity contribution < 1.29 is 31.9 Å². The Bertz CT molecular complexity index is 713. The number of carbonyl (C=O) groups is 2. The molecule has 0 aliphatic carbocycles. The highest BCUT2D eigenvalue weighted by molar-refractivity contribution is 7.88. The molecule has 2 rings (SSSR count). The Morgan fingerprint density at radius 3 is 2.59 bits per heavy atom. The molecule has 0 aromatic carbocycles. The first-order chi connectivity index (χ1) is 10.1. The van der Waals surface area contributed by atoms with Crippen molar-refractivity contribution in [1.82, 2.24) is 9.21 Å². The summed E-state index contributed by atoms with van der Waals surface area (Å²) >= 11 is 0. The molecule has 8 nitrogen and oxygen atoms in total. The van der Waals surface area contributed by atoms with E-state index in [4.69, 9.17) is 9.52 Å². The number of amides is 1. The van der Waals surface area contributed by atoms with Crippen molar-refractivity contribution in [2.75, 3.05) is 27.2 Å². The number of carbonyl (C=O) groups excluding carboxylic acids is 1. The van der Waals surface area contributed by atoms with Crippen LogP contribution in [0.25, 0.3) is 0 Å². The number of carboxylic acid groups (broad SMARTS) is 1. The Labute approximate surface area is 126 Å². The predicted octanol–water partition coefficient (Wildman–Crippen LogP) is 0.169. The van der Waals surface area contributed by atoms with Gasteiger partial charge in [0.2, 0.25) is 10.8 Å². The molecule has 1 N–H and O–H groups in total. The molecule has 22 heavy (non-hydrogen) atoms. The Morgan fingerprint density at radius 1 is 1.45 bits per heavy atom. The minimum Gasteiger partial charge on any atom is -0.479 e. The van der Waals surface area contributed by atoms with Crippen molar-refractivity contribution in [3.05, 3.63) is 17.9 Å². The zero-order valence-corrected chi connectivity index (χ0v) is 12.8. The topological polar surface area (TPSA) is 108 Å². The van der Waals surface area contributed by atoms with Crippen LogP contribution in [0.2, 0.25) is 0 Å². The van der Waals surface area contributed by atoms with Crippen LogP contribution in [-0.2, 0) is 14.8 Å². The van der Waals surface area contributed by atoms with Gasteiger partial charge in [0, 0.05) is 33.1 Å². The minimum atomic E-state index is -3.82. The van der Waals surface area contributed by atoms with Crippen molar-refractivity contribution >= 4 is 21.9 Å². The summed E-state index contributed by atoms with van der Waals surface area (Å²) in [5.41, 5.74) is -2.55. The summed E-state index contributed by atoms with van der Waals surface area (Å²) in [5.74, 6) is -2.30. The van der Waals surface area contributed by atoms with Crippen LogP contribution in [0.15, 0.2) is 21.8 Å². The van der Waals surface area contributed by atoms with Gasteiger partial charge in [-0.3, -0.25) is 4.79 Å². The van der Waals surface area contributed by atoms with Crippen LogP contribution in [0, 0.1) is 0 Å². The first-order valence-electron chi connectivity index (χ1n) is 6.30. The lowest BCUT2D eigenvalue weighted by Gasteiger charge is -2.16. The molecule has 1 aliphatic rings. The normalized spacial score (nSPS) is 22.3. The van der Waals surface area contributed by atoms with Crippen molar-refractivity contribution in [2.24, 2.45) is 0 Å². The number of furan rings is 1. The molecule has 1 unspecified atom stereocenters. The summed E-state index contributed by atoms with van der Waals surface area (Å²) in [4.78, 5) is 24.0. The number of nitrogens with zero attached hydrogens (tertiary/aromatic N) is 2. The maximum Gasteiger partial charge on any atom is 0.343 e. The van der Waals surface area contributed by atoms with E-state index in [9.17, 15) is 22.4 Å². The van der Waals surface area contributed by atoms with E-state index in [2.05, 4.69) is 0 Å². The van der Waals surface area contributed by atoms with Crippen LogP contribution in [0.4, 0.5) is 4.39 Å². The highest BCUT2D eigenvalue weighted by Gasteiger charge is 2.47. The molecule has 122 valence electrons. The molecule has 1 aliphatic heterocycles. The fraction of sp³-hybridized carbons (Fsp3) is 0.500. The number of hydrogen-bond donors (Lipinski definition) is 1. The zero-order valence-electron chi connectivity index (χ0n) is 11.9. The first-order valence-corrected chi connectivity index (χ1v) is 7.74. The molecule has 1 amide bonds. The summed E-state index contributed by atoms with van der Waals surface area (Å²) in [6.07, 6.45) is 0.645. The average molecular weight is 334 g/mol. The maximum absolute atomic E-state index is 13.9. The van der Waals surface area contributed by atoms with Gasteiger partial charge in [-0.15, -0.1) is 0 Å². The molecule has 0 bridgehead atoms. The Kier molecular flexibility index (Phi) is 4.00. The monoisotopic (exact) mass is 334 g/mol. The second-order valence-electron chi connectivity index (χ2n) is 5.19. The van der Waals surface area contributed by atoms with Crippen LogP contribution in [0.5, 0.6) is 0 Å². The van der Waals surface area contributed by atoms with Crippen LogP contribution in [0.3, 0.4) is 0 Å². The summed E-state index contributed by atoms with van der Waals surface area (Å²) in [5, 5.41) is 8.39. The number of likely N-dealkylation sites (tertiary alicyclic amines) is 1. The summed E-state index contributed by atoms with van der Waals surface area (Å²) in [6, 6.07) is 1.04. The number of halogens is 1. The molecule has 0 saturated carbocycles. The number of hydrogen-bond acceptors (Lipinski definition) is 5. The molecular formula is C12H15FN2O6S. The molecule has 1 atom stereocenters. The minimum absolute atomic E-state index is 0.0669. The van der Waals surface area contributed by atoms with Gasteiger partial charge in [-0.25, -0.2) is 21.9 Å². The van der Waals surface area contributed by atoms with Crippen molar-refractivity contribution in [1.29, 1.82) is 0 Å². The number of sulfonamides is 1. The van der Waals surface area contributed by atoms with Gasteiger partial charge in [0.25, 0.3) is 15.9 Å².